The summed E-state index contributed by atoms with van der Waals surface area (Å²) in [4.78, 5) is 0. The molecule has 136 heavy (non-hydrogen) atoms. The molecule has 6 heteroatoms. The van der Waals surface area contributed by atoms with Gasteiger partial charge in [-0.15, -0.1) is 0 Å². The molecule has 0 unspecified atom stereocenters. The van der Waals surface area contributed by atoms with Crippen LogP contribution in [0.3, 0.4) is 0 Å². The summed E-state index contributed by atoms with van der Waals surface area (Å²) in [6.45, 7) is 31.6. The Morgan fingerprint density at radius 3 is 0.890 bits per heavy atom. The molecule has 11 aliphatic rings. The smallest absolute Gasteiger partial charge is 0.201 e. The van der Waals surface area contributed by atoms with Crippen molar-refractivity contribution in [1.29, 1.82) is 0 Å². The molecule has 15 rings (SSSR count). The van der Waals surface area contributed by atoms with Gasteiger partial charge in [-0.1, -0.05) is 379 Å². The van der Waals surface area contributed by atoms with E-state index >= 15 is 0 Å². The number of hydrogen-bond donors (Lipinski definition) is 0. The molecule has 0 aromatic heterocycles. The van der Waals surface area contributed by atoms with Gasteiger partial charge < -0.3 is 9.47 Å². The standard InChI is InChI=1S/C22H34.C20H38.C19H36.C18H32.C17H24F2O.C17H18F2O.C17H32/c1-3-4-18-7-11-20(12-8-18)22-15-13-21(14-16-22)19-9-5-17(2)6-10-19;1-3-5-6-8-18-11-15-20(16-12-18)19-13-9-17(7-4-2)10-14-19;1-3-5-7-17-10-14-19(15-11-17)18-12-8-16(6-4-2)9-13-18;1-3-5-15-7-11-17(12-8-15)18-13-9-16(6-4-2)10-14-18;2*1-3-5-12-6-8-13(9-7-12)14-10-11-15(20-4-2)17(19)16(14)18;1-3-5-15-8-12-17(13-9-15)16-10-6-14(4-2)7-11-16/h5-6,9-10,18,20-22H,3-4,7-8,11-16H2,1-2H3;17-20H,3-16H2,1-2H3;16-19H,3-15H2,1-2H3;3,5,15-18H,4,6-14H2,1-2H3;10-13H,3-9H2,1-2H3;6-11H,3-5H2,1-2H3;14-17H,3-13H2,1-2H3/b;;;5-3+;;;. The molecule has 0 N–H and O–H groups in total. The normalized spacial score (nSPS) is 30.4. The Morgan fingerprint density at radius 1 is 0.265 bits per heavy atom. The van der Waals surface area contributed by atoms with Crippen LogP contribution in [0, 0.1) is 149 Å². The summed E-state index contributed by atoms with van der Waals surface area (Å²) in [5.41, 5.74) is 5.64. The lowest BCUT2D eigenvalue weighted by Gasteiger charge is -2.38. The number of benzene rings is 4. The predicted octanol–water partition coefficient (Wildman–Crippen LogP) is 42.6. The molecule has 11 fully saturated rings. The van der Waals surface area contributed by atoms with Crippen LogP contribution in [-0.2, 0) is 6.42 Å². The second-order valence-corrected chi connectivity index (χ2v) is 47.3. The molecular formula is C130H214F4O2. The van der Waals surface area contributed by atoms with Gasteiger partial charge in [0.25, 0.3) is 0 Å². The minimum absolute atomic E-state index is 0.0217. The number of aryl methyl sites for hydroxylation is 2. The minimum atomic E-state index is -0.929. The Morgan fingerprint density at radius 2 is 0.566 bits per heavy atom. The summed E-state index contributed by atoms with van der Waals surface area (Å²) < 4.78 is 66.1. The molecule has 0 radical (unpaired) electrons. The minimum Gasteiger partial charge on any atom is -0.491 e. The van der Waals surface area contributed by atoms with Gasteiger partial charge in [0, 0.05) is 5.56 Å². The highest BCUT2D eigenvalue weighted by atomic mass is 19.2. The van der Waals surface area contributed by atoms with Crippen molar-refractivity contribution in [3.05, 3.63) is 130 Å². The maximum Gasteiger partial charge on any atom is 0.201 e. The van der Waals surface area contributed by atoms with E-state index in [1.54, 1.807) is 192 Å². The Kier molecular flexibility index (Phi) is 56.7. The fourth-order valence-corrected chi connectivity index (χ4v) is 29.2. The maximum absolute atomic E-state index is 14.2. The van der Waals surface area contributed by atoms with Gasteiger partial charge in [0.2, 0.25) is 11.6 Å². The first kappa shape index (κ1) is 116. The van der Waals surface area contributed by atoms with Crippen molar-refractivity contribution in [3.63, 3.8) is 0 Å². The van der Waals surface area contributed by atoms with Gasteiger partial charge >= 0.3 is 0 Å². The third kappa shape index (κ3) is 39.8. The summed E-state index contributed by atoms with van der Waals surface area (Å²) in [5.74, 6) is 18.9. The summed E-state index contributed by atoms with van der Waals surface area (Å²) in [6.07, 6.45) is 101. The SMILES string of the molecule is C/C=C/C1CCC(C2CCC(CCC)CC2)CC1.CCCC1CCC(C2CCC(CC)CC2)CC1.CCCC1CCC(C2CCC(c3ccc(C)cc3)CC2)CC1.CCCC1CCC(c2ccc(OCC)c(F)c2F)CC1.CCCCC1CCC(C2CCC(CCC)CC2)CC1.CCCCCC1CCC(C2CCC(CCC)CC2)CC1.CCCc1ccc(-c2ccc(OCC)c(F)c2F)cc1. The van der Waals surface area contributed by atoms with Crippen LogP contribution < -0.4 is 9.47 Å². The average molecular weight is 1890 g/mol. The van der Waals surface area contributed by atoms with Crippen LogP contribution in [0.4, 0.5) is 17.6 Å². The first-order chi connectivity index (χ1) is 66.4. The van der Waals surface area contributed by atoms with Gasteiger partial charge in [-0.25, -0.2) is 8.78 Å². The van der Waals surface area contributed by atoms with Crippen LogP contribution in [-0.4, -0.2) is 13.2 Å². The van der Waals surface area contributed by atoms with E-state index in [1.807, 2.05) is 24.3 Å². The first-order valence-corrected chi connectivity index (χ1v) is 60.4. The van der Waals surface area contributed by atoms with Gasteiger partial charge in [0.05, 0.1) is 13.2 Å². The molecular weight excluding hydrogens is 1670 g/mol. The second kappa shape index (κ2) is 66.8. The van der Waals surface area contributed by atoms with Crippen molar-refractivity contribution in [2.24, 2.45) is 118 Å². The number of unbranched alkanes of at least 4 members (excludes halogenated alkanes) is 3. The highest BCUT2D eigenvalue weighted by Crippen LogP contribution is 2.51. The molecule has 0 spiro atoms. The molecule has 0 atom stereocenters. The molecule has 11 saturated carbocycles. The fraction of sp³-hybridized carbons (Fsp3) is 0.800. The molecule has 2 nitrogen and oxygen atoms in total. The van der Waals surface area contributed by atoms with Crippen LogP contribution in [0.5, 0.6) is 11.5 Å². The van der Waals surface area contributed by atoms with Gasteiger partial charge in [-0.2, -0.15) is 8.78 Å². The zero-order valence-corrected chi connectivity index (χ0v) is 91.2. The van der Waals surface area contributed by atoms with Crippen LogP contribution in [0.25, 0.3) is 11.1 Å². The zero-order valence-electron chi connectivity index (χ0n) is 91.2. The van der Waals surface area contributed by atoms with E-state index in [0.29, 0.717) is 24.3 Å². The quantitative estimate of drug-likeness (QED) is 0.0260. The Labute approximate surface area is 838 Å². The van der Waals surface area contributed by atoms with E-state index in [4.69, 9.17) is 9.47 Å². The summed E-state index contributed by atoms with van der Waals surface area (Å²) in [6, 6.07) is 23.2. The van der Waals surface area contributed by atoms with Crippen LogP contribution >= 0.6 is 0 Å². The maximum atomic E-state index is 14.2. The van der Waals surface area contributed by atoms with Crippen molar-refractivity contribution in [2.75, 3.05) is 13.2 Å². The van der Waals surface area contributed by atoms with Gasteiger partial charge in [-0.3, -0.25) is 0 Å². The van der Waals surface area contributed by atoms with Crippen LogP contribution in [0.1, 0.15) is 541 Å². The number of ether oxygens (including phenoxy) is 2. The van der Waals surface area contributed by atoms with E-state index in [0.717, 1.165) is 163 Å². The van der Waals surface area contributed by atoms with E-state index in [2.05, 4.69) is 120 Å². The van der Waals surface area contributed by atoms with E-state index in [9.17, 15) is 17.6 Å². The molecule has 0 bridgehead atoms. The monoisotopic (exact) mass is 1880 g/mol. The van der Waals surface area contributed by atoms with E-state index < -0.39 is 23.3 Å². The molecule has 774 valence electrons. The zero-order chi connectivity index (χ0) is 97.0. The first-order valence-electron chi connectivity index (χ1n) is 60.4. The Hall–Kier alpha value is -4.06. The number of halogens is 4. The third-order valence-corrected chi connectivity index (χ3v) is 37.8. The average Bonchev–Trinajstić information content (AvgIpc) is 0.813. The second-order valence-electron chi connectivity index (χ2n) is 47.3. The topological polar surface area (TPSA) is 18.5 Å². The summed E-state index contributed by atoms with van der Waals surface area (Å²) in [5, 5.41) is 0. The van der Waals surface area contributed by atoms with Crippen LogP contribution in [0.2, 0.25) is 0 Å². The molecule has 0 saturated heterocycles. The molecule has 0 amide bonds. The fourth-order valence-electron chi connectivity index (χ4n) is 29.2. The Balaban J connectivity index is 0.000000178. The lowest BCUT2D eigenvalue weighted by atomic mass is 9.68. The Bertz CT molecular complexity index is 3640. The number of rotatable bonds is 35. The van der Waals surface area contributed by atoms with Gasteiger partial charge in [0.1, 0.15) is 0 Å². The lowest BCUT2D eigenvalue weighted by Crippen LogP contribution is -2.25. The molecule has 0 aliphatic heterocycles. The van der Waals surface area contributed by atoms with E-state index in [-0.39, 0.29) is 23.0 Å². The van der Waals surface area contributed by atoms with Crippen molar-refractivity contribution in [1.82, 2.24) is 0 Å². The summed E-state index contributed by atoms with van der Waals surface area (Å²) >= 11 is 0. The largest absolute Gasteiger partial charge is 0.491 e. The summed E-state index contributed by atoms with van der Waals surface area (Å²) in [7, 11) is 0. The molecule has 0 heterocycles. The van der Waals surface area contributed by atoms with E-state index in [1.165, 1.54) is 248 Å². The van der Waals surface area contributed by atoms with Gasteiger partial charge in [0.15, 0.2) is 23.1 Å². The molecule has 11 aliphatic carbocycles. The lowest BCUT2D eigenvalue weighted by molar-refractivity contribution is 0.140. The number of allylic oxidation sites excluding steroid dienone is 2. The van der Waals surface area contributed by atoms with Gasteiger partial charge in [-0.05, 0) is 385 Å². The van der Waals surface area contributed by atoms with Crippen molar-refractivity contribution >= 4 is 0 Å². The molecule has 4 aromatic rings. The third-order valence-electron chi connectivity index (χ3n) is 37.8. The highest BCUT2D eigenvalue weighted by molar-refractivity contribution is 5.65. The van der Waals surface area contributed by atoms with Crippen molar-refractivity contribution in [3.8, 4) is 22.6 Å². The highest BCUT2D eigenvalue weighted by Gasteiger charge is 2.38. The van der Waals surface area contributed by atoms with Crippen LogP contribution in [0.15, 0.2) is 84.9 Å². The van der Waals surface area contributed by atoms with Crippen molar-refractivity contribution < 1.29 is 27.0 Å². The predicted molar refractivity (Wildman–Crippen MR) is 582 cm³/mol. The van der Waals surface area contributed by atoms with Crippen molar-refractivity contribution in [2.45, 2.75) is 533 Å². The number of hydrogen-bond acceptors (Lipinski definition) is 2. The molecule has 4 aromatic carbocycles.